The number of benzene rings is 1. The molecule has 134 valence electrons. The zero-order valence-electron chi connectivity index (χ0n) is 14.1. The van der Waals surface area contributed by atoms with E-state index in [4.69, 9.17) is 4.74 Å². The predicted molar refractivity (Wildman–Crippen MR) is 91.9 cm³/mol. The summed E-state index contributed by atoms with van der Waals surface area (Å²) in [6.45, 7) is 4.68. The Bertz CT molecular complexity index is 646. The first-order valence-electron chi connectivity index (χ1n) is 7.81. The molecule has 0 saturated carbocycles. The fourth-order valence-corrected chi connectivity index (χ4v) is 3.23. The summed E-state index contributed by atoms with van der Waals surface area (Å²) >= 11 is 0. The summed E-state index contributed by atoms with van der Waals surface area (Å²) in [5.74, 6) is -1.34. The first-order chi connectivity index (χ1) is 11.2. The Kier molecular flexibility index (Phi) is 7.87. The summed E-state index contributed by atoms with van der Waals surface area (Å²) in [5, 5.41) is 2.61. The molecule has 0 fully saturated rings. The molecule has 0 aliphatic rings. The first kappa shape index (κ1) is 20.1. The molecular weight excluding hydrogens is 332 g/mol. The highest BCUT2D eigenvalue weighted by Crippen LogP contribution is 2.07. The molecule has 0 saturated heterocycles. The van der Waals surface area contributed by atoms with E-state index in [9.17, 15) is 18.0 Å². The van der Waals surface area contributed by atoms with Crippen LogP contribution in [0, 0.1) is 0 Å². The topological polar surface area (TPSA) is 102 Å². The van der Waals surface area contributed by atoms with E-state index < -0.39 is 34.0 Å². The van der Waals surface area contributed by atoms with Crippen molar-refractivity contribution >= 4 is 27.6 Å². The van der Waals surface area contributed by atoms with Crippen molar-refractivity contribution in [3.05, 3.63) is 30.3 Å². The molecule has 1 amide bonds. The van der Waals surface area contributed by atoms with E-state index in [0.29, 0.717) is 12.1 Å². The molecule has 1 aromatic carbocycles. The van der Waals surface area contributed by atoms with E-state index in [-0.39, 0.29) is 5.75 Å². The Balaban J connectivity index is 2.52. The lowest BCUT2D eigenvalue weighted by Crippen LogP contribution is -2.43. The van der Waals surface area contributed by atoms with Gasteiger partial charge in [0.05, 0.1) is 5.75 Å². The summed E-state index contributed by atoms with van der Waals surface area (Å²) in [7, 11) is -3.54. The van der Waals surface area contributed by atoms with E-state index in [1.165, 1.54) is 13.8 Å². The minimum absolute atomic E-state index is 0.0504. The number of amides is 1. The molecular formula is C16H24N2O5S. The smallest absolute Gasteiger partial charge is 0.324 e. The van der Waals surface area contributed by atoms with Gasteiger partial charge in [-0.05, 0) is 32.4 Å². The van der Waals surface area contributed by atoms with Gasteiger partial charge < -0.3 is 10.1 Å². The van der Waals surface area contributed by atoms with Crippen LogP contribution in [0.1, 0.15) is 33.6 Å². The number of sulfonamides is 1. The van der Waals surface area contributed by atoms with Crippen LogP contribution < -0.4 is 10.0 Å². The average molecular weight is 356 g/mol. The standard InChI is InChI=1S/C16H24N2O5S/c1-4-5-11-24(21,22)18-12(2)16(20)23-13(3)15(19)17-14-9-7-6-8-10-14/h6-10,12-13,18H,4-5,11H2,1-3H3,(H,17,19)/t12-,13+/m0/s1. The molecule has 24 heavy (non-hydrogen) atoms. The Morgan fingerprint density at radius 3 is 2.38 bits per heavy atom. The predicted octanol–water partition coefficient (Wildman–Crippen LogP) is 1.66. The van der Waals surface area contributed by atoms with Crippen molar-refractivity contribution in [1.29, 1.82) is 0 Å². The van der Waals surface area contributed by atoms with Crippen LogP contribution in [-0.2, 0) is 24.3 Å². The fourth-order valence-electron chi connectivity index (χ4n) is 1.81. The third kappa shape index (κ3) is 7.10. The molecule has 0 spiro atoms. The van der Waals surface area contributed by atoms with Gasteiger partial charge in [-0.2, -0.15) is 0 Å². The number of esters is 1. The largest absolute Gasteiger partial charge is 0.451 e. The van der Waals surface area contributed by atoms with Crippen molar-refractivity contribution in [1.82, 2.24) is 4.72 Å². The highest BCUT2D eigenvalue weighted by atomic mass is 32.2. The third-order valence-corrected chi connectivity index (χ3v) is 4.72. The Morgan fingerprint density at radius 2 is 1.79 bits per heavy atom. The van der Waals surface area contributed by atoms with Crippen molar-refractivity contribution in [2.24, 2.45) is 0 Å². The minimum Gasteiger partial charge on any atom is -0.451 e. The van der Waals surface area contributed by atoms with E-state index in [2.05, 4.69) is 10.0 Å². The number of unbranched alkanes of at least 4 members (excludes halogenated alkanes) is 1. The van der Waals surface area contributed by atoms with Gasteiger partial charge in [-0.1, -0.05) is 31.5 Å². The van der Waals surface area contributed by atoms with Gasteiger partial charge in [-0.25, -0.2) is 13.1 Å². The number of carbonyl (C=O) groups excluding carboxylic acids is 2. The Morgan fingerprint density at radius 1 is 1.17 bits per heavy atom. The van der Waals surface area contributed by atoms with Gasteiger partial charge in [0.15, 0.2) is 6.10 Å². The highest BCUT2D eigenvalue weighted by Gasteiger charge is 2.25. The number of hydrogen-bond acceptors (Lipinski definition) is 5. The molecule has 1 rings (SSSR count). The van der Waals surface area contributed by atoms with Crippen LogP contribution in [0.15, 0.2) is 30.3 Å². The van der Waals surface area contributed by atoms with Crippen LogP contribution in [-0.4, -0.2) is 38.2 Å². The number of rotatable bonds is 9. The molecule has 0 heterocycles. The second kappa shape index (κ2) is 9.39. The monoisotopic (exact) mass is 356 g/mol. The number of carbonyl (C=O) groups is 2. The maximum Gasteiger partial charge on any atom is 0.324 e. The molecule has 0 aliphatic carbocycles. The normalized spacial score (nSPS) is 13.8. The van der Waals surface area contributed by atoms with E-state index >= 15 is 0 Å². The van der Waals surface area contributed by atoms with Gasteiger partial charge in [-0.3, -0.25) is 9.59 Å². The lowest BCUT2D eigenvalue weighted by atomic mass is 10.3. The van der Waals surface area contributed by atoms with Crippen LogP contribution in [0.2, 0.25) is 0 Å². The van der Waals surface area contributed by atoms with E-state index in [0.717, 1.165) is 6.42 Å². The van der Waals surface area contributed by atoms with Gasteiger partial charge in [0.25, 0.3) is 5.91 Å². The van der Waals surface area contributed by atoms with Crippen molar-refractivity contribution < 1.29 is 22.7 Å². The van der Waals surface area contributed by atoms with E-state index in [1.807, 2.05) is 13.0 Å². The van der Waals surface area contributed by atoms with Crippen molar-refractivity contribution in [3.63, 3.8) is 0 Å². The van der Waals surface area contributed by atoms with Crippen LogP contribution in [0.3, 0.4) is 0 Å². The second-order valence-corrected chi connectivity index (χ2v) is 7.32. The van der Waals surface area contributed by atoms with Crippen LogP contribution in [0.25, 0.3) is 0 Å². The fraction of sp³-hybridized carbons (Fsp3) is 0.500. The highest BCUT2D eigenvalue weighted by molar-refractivity contribution is 7.89. The van der Waals surface area contributed by atoms with Crippen LogP contribution in [0.5, 0.6) is 0 Å². The number of anilines is 1. The molecule has 0 radical (unpaired) electrons. The SMILES string of the molecule is CCCCS(=O)(=O)N[C@@H](C)C(=O)O[C@H](C)C(=O)Nc1ccccc1. The summed E-state index contributed by atoms with van der Waals surface area (Å²) in [6, 6.07) is 7.69. The number of nitrogens with one attached hydrogen (secondary N) is 2. The van der Waals surface area contributed by atoms with Crippen LogP contribution in [0.4, 0.5) is 5.69 Å². The van der Waals surface area contributed by atoms with Gasteiger partial charge in [-0.15, -0.1) is 0 Å². The molecule has 0 unspecified atom stereocenters. The van der Waals surface area contributed by atoms with Crippen LogP contribution >= 0.6 is 0 Å². The van der Waals surface area contributed by atoms with Gasteiger partial charge in [0, 0.05) is 5.69 Å². The zero-order chi connectivity index (χ0) is 18.2. The van der Waals surface area contributed by atoms with Crippen molar-refractivity contribution in [2.45, 2.75) is 45.8 Å². The molecule has 1 aromatic rings. The zero-order valence-corrected chi connectivity index (χ0v) is 14.9. The maximum absolute atomic E-state index is 12.0. The van der Waals surface area contributed by atoms with E-state index in [1.54, 1.807) is 24.3 Å². The Labute approximate surface area is 142 Å². The molecule has 8 heteroatoms. The number of para-hydroxylation sites is 1. The number of hydrogen-bond donors (Lipinski definition) is 2. The third-order valence-electron chi connectivity index (χ3n) is 3.18. The second-order valence-electron chi connectivity index (χ2n) is 5.45. The molecule has 7 nitrogen and oxygen atoms in total. The lowest BCUT2D eigenvalue weighted by molar-refractivity contribution is -0.154. The lowest BCUT2D eigenvalue weighted by Gasteiger charge is -2.17. The average Bonchev–Trinajstić information content (AvgIpc) is 2.53. The molecule has 2 atom stereocenters. The maximum atomic E-state index is 12.0. The molecule has 0 bridgehead atoms. The van der Waals surface area contributed by atoms with Crippen molar-refractivity contribution in [3.8, 4) is 0 Å². The minimum atomic E-state index is -3.54. The Hall–Kier alpha value is -1.93. The quantitative estimate of drug-likeness (QED) is 0.655. The number of ether oxygens (including phenoxy) is 1. The summed E-state index contributed by atoms with van der Waals surface area (Å²) in [6.07, 6.45) is 0.198. The summed E-state index contributed by atoms with van der Waals surface area (Å²) in [5.41, 5.74) is 0.582. The van der Waals surface area contributed by atoms with Gasteiger partial charge in [0.1, 0.15) is 6.04 Å². The molecule has 0 aromatic heterocycles. The van der Waals surface area contributed by atoms with Crippen molar-refractivity contribution in [2.75, 3.05) is 11.1 Å². The first-order valence-corrected chi connectivity index (χ1v) is 9.46. The van der Waals surface area contributed by atoms with Gasteiger partial charge in [0.2, 0.25) is 10.0 Å². The molecule has 0 aliphatic heterocycles. The molecule has 2 N–H and O–H groups in total. The summed E-state index contributed by atoms with van der Waals surface area (Å²) < 4.78 is 30.8. The summed E-state index contributed by atoms with van der Waals surface area (Å²) in [4.78, 5) is 23.9. The van der Waals surface area contributed by atoms with Gasteiger partial charge >= 0.3 is 5.97 Å².